The average Bonchev–Trinajstić information content (AvgIpc) is 2.85. The first kappa shape index (κ1) is 12.4. The zero-order valence-corrected chi connectivity index (χ0v) is 10.5. The van der Waals surface area contributed by atoms with Crippen LogP contribution in [0, 0.1) is 0 Å². The number of halogens is 1. The molecule has 1 heterocycles. The predicted molar refractivity (Wildman–Crippen MR) is 69.2 cm³/mol. The largest absolute Gasteiger partial charge is 0.354 e. The quantitative estimate of drug-likeness (QED) is 0.857. The average molecular weight is 253 g/mol. The molecule has 2 rings (SSSR count). The maximum Gasteiger partial charge on any atom is 0.237 e. The van der Waals surface area contributed by atoms with Crippen molar-refractivity contribution in [2.24, 2.45) is 0 Å². The Morgan fingerprint density at radius 3 is 2.82 bits per heavy atom. The summed E-state index contributed by atoms with van der Waals surface area (Å²) in [4.78, 5) is 11.7. The monoisotopic (exact) mass is 252 g/mol. The molecule has 1 atom stereocenters. The fraction of sp³-hybridized carbons (Fsp3) is 0.462. The summed E-state index contributed by atoms with van der Waals surface area (Å²) in [6.45, 7) is 1.63. The summed E-state index contributed by atoms with van der Waals surface area (Å²) in [6, 6.07) is 7.74. The second kappa shape index (κ2) is 6.03. The van der Waals surface area contributed by atoms with E-state index in [9.17, 15) is 4.79 Å². The van der Waals surface area contributed by atoms with E-state index in [0.29, 0.717) is 6.54 Å². The van der Waals surface area contributed by atoms with Gasteiger partial charge in [0, 0.05) is 11.6 Å². The highest BCUT2D eigenvalue weighted by molar-refractivity contribution is 6.30. The summed E-state index contributed by atoms with van der Waals surface area (Å²) in [6.07, 6.45) is 2.89. The van der Waals surface area contributed by atoms with E-state index in [4.69, 9.17) is 11.6 Å². The number of hydrogen-bond donors (Lipinski definition) is 2. The van der Waals surface area contributed by atoms with E-state index >= 15 is 0 Å². The first-order valence-electron chi connectivity index (χ1n) is 6.01. The fourth-order valence-electron chi connectivity index (χ4n) is 2.01. The number of rotatable bonds is 4. The molecule has 0 unspecified atom stereocenters. The third-order valence-electron chi connectivity index (χ3n) is 3.00. The smallest absolute Gasteiger partial charge is 0.237 e. The van der Waals surface area contributed by atoms with Gasteiger partial charge in [-0.15, -0.1) is 0 Å². The van der Waals surface area contributed by atoms with Gasteiger partial charge in [0.25, 0.3) is 0 Å². The molecule has 2 N–H and O–H groups in total. The van der Waals surface area contributed by atoms with Crippen LogP contribution >= 0.6 is 11.6 Å². The van der Waals surface area contributed by atoms with Crippen LogP contribution in [0.4, 0.5) is 0 Å². The topological polar surface area (TPSA) is 41.1 Å². The standard InChI is InChI=1S/C13H17ClN2O/c14-11-5-3-10(4-6-11)7-9-16-13(17)12-2-1-8-15-12/h3-6,12,15H,1-2,7-9H2,(H,16,17)/t12-/m0/s1. The van der Waals surface area contributed by atoms with Crippen molar-refractivity contribution in [3.05, 3.63) is 34.9 Å². The lowest BCUT2D eigenvalue weighted by molar-refractivity contribution is -0.122. The molecule has 0 spiro atoms. The lowest BCUT2D eigenvalue weighted by Gasteiger charge is -2.10. The van der Waals surface area contributed by atoms with Gasteiger partial charge in [-0.05, 0) is 43.5 Å². The molecule has 4 heteroatoms. The summed E-state index contributed by atoms with van der Waals surface area (Å²) in [7, 11) is 0. The fourth-order valence-corrected chi connectivity index (χ4v) is 2.14. The van der Waals surface area contributed by atoms with Gasteiger partial charge in [-0.3, -0.25) is 4.79 Å². The van der Waals surface area contributed by atoms with Crippen LogP contribution in [0.1, 0.15) is 18.4 Å². The van der Waals surface area contributed by atoms with Crippen molar-refractivity contribution in [3.63, 3.8) is 0 Å². The zero-order valence-electron chi connectivity index (χ0n) is 9.71. The second-order valence-corrected chi connectivity index (χ2v) is 4.75. The van der Waals surface area contributed by atoms with Crippen LogP contribution in [-0.2, 0) is 11.2 Å². The van der Waals surface area contributed by atoms with Crippen LogP contribution in [0.2, 0.25) is 5.02 Å². The highest BCUT2D eigenvalue weighted by Crippen LogP contribution is 2.09. The van der Waals surface area contributed by atoms with Crippen molar-refractivity contribution in [1.82, 2.24) is 10.6 Å². The molecule has 92 valence electrons. The third-order valence-corrected chi connectivity index (χ3v) is 3.25. The van der Waals surface area contributed by atoms with Gasteiger partial charge in [-0.25, -0.2) is 0 Å². The molecule has 3 nitrogen and oxygen atoms in total. The summed E-state index contributed by atoms with van der Waals surface area (Å²) in [5, 5.41) is 6.88. The Labute approximate surface area is 107 Å². The van der Waals surface area contributed by atoms with Gasteiger partial charge in [0.2, 0.25) is 5.91 Å². The molecule has 0 aromatic heterocycles. The number of benzene rings is 1. The lowest BCUT2D eigenvalue weighted by atomic mass is 10.1. The van der Waals surface area contributed by atoms with Crippen LogP contribution in [0.5, 0.6) is 0 Å². The molecule has 17 heavy (non-hydrogen) atoms. The maximum absolute atomic E-state index is 11.7. The Hall–Kier alpha value is -1.06. The van der Waals surface area contributed by atoms with E-state index < -0.39 is 0 Å². The molecular formula is C13H17ClN2O. The van der Waals surface area contributed by atoms with Gasteiger partial charge in [0.1, 0.15) is 0 Å². The Balaban J connectivity index is 1.72. The normalized spacial score (nSPS) is 19.2. The molecule has 1 saturated heterocycles. The molecule has 0 radical (unpaired) electrons. The highest BCUT2D eigenvalue weighted by Gasteiger charge is 2.20. The Morgan fingerprint density at radius 1 is 1.41 bits per heavy atom. The summed E-state index contributed by atoms with van der Waals surface area (Å²) < 4.78 is 0. The van der Waals surface area contributed by atoms with E-state index in [2.05, 4.69) is 10.6 Å². The Morgan fingerprint density at radius 2 is 2.18 bits per heavy atom. The minimum absolute atomic E-state index is 0.0141. The van der Waals surface area contributed by atoms with E-state index in [1.54, 1.807) is 0 Å². The third kappa shape index (κ3) is 3.72. The summed E-state index contributed by atoms with van der Waals surface area (Å²) in [5.74, 6) is 0.122. The zero-order chi connectivity index (χ0) is 12.1. The predicted octanol–water partition coefficient (Wildman–Crippen LogP) is 1.75. The maximum atomic E-state index is 11.7. The number of nitrogens with one attached hydrogen (secondary N) is 2. The van der Waals surface area contributed by atoms with Gasteiger partial charge in [0.05, 0.1) is 6.04 Å². The van der Waals surface area contributed by atoms with Crippen molar-refractivity contribution in [2.75, 3.05) is 13.1 Å². The molecule has 1 amide bonds. The van der Waals surface area contributed by atoms with Gasteiger partial charge in [-0.2, -0.15) is 0 Å². The minimum Gasteiger partial charge on any atom is -0.354 e. The molecule has 0 aliphatic carbocycles. The van der Waals surface area contributed by atoms with E-state index in [1.807, 2.05) is 24.3 Å². The molecule has 1 aromatic rings. The lowest BCUT2D eigenvalue weighted by Crippen LogP contribution is -2.41. The summed E-state index contributed by atoms with van der Waals surface area (Å²) >= 11 is 5.80. The number of carbonyl (C=O) groups excluding carboxylic acids is 1. The van der Waals surface area contributed by atoms with Crippen molar-refractivity contribution in [2.45, 2.75) is 25.3 Å². The minimum atomic E-state index is 0.0141. The van der Waals surface area contributed by atoms with Crippen LogP contribution in [0.15, 0.2) is 24.3 Å². The molecule has 1 aliphatic rings. The highest BCUT2D eigenvalue weighted by atomic mass is 35.5. The van der Waals surface area contributed by atoms with Crippen LogP contribution in [-0.4, -0.2) is 25.0 Å². The first-order chi connectivity index (χ1) is 8.25. The number of hydrogen-bond acceptors (Lipinski definition) is 2. The molecule has 1 aliphatic heterocycles. The SMILES string of the molecule is O=C(NCCc1ccc(Cl)cc1)[C@@H]1CCCN1. The van der Waals surface area contributed by atoms with Crippen molar-refractivity contribution < 1.29 is 4.79 Å². The molecule has 0 saturated carbocycles. The number of amides is 1. The van der Waals surface area contributed by atoms with Crippen molar-refractivity contribution in [3.8, 4) is 0 Å². The molecular weight excluding hydrogens is 236 g/mol. The molecule has 0 bridgehead atoms. The van der Waals surface area contributed by atoms with Crippen molar-refractivity contribution in [1.29, 1.82) is 0 Å². The van der Waals surface area contributed by atoms with Gasteiger partial charge >= 0.3 is 0 Å². The van der Waals surface area contributed by atoms with Gasteiger partial charge in [-0.1, -0.05) is 23.7 Å². The van der Waals surface area contributed by atoms with Crippen molar-refractivity contribution >= 4 is 17.5 Å². The van der Waals surface area contributed by atoms with E-state index in [-0.39, 0.29) is 11.9 Å². The van der Waals surface area contributed by atoms with Crippen LogP contribution in [0.25, 0.3) is 0 Å². The van der Waals surface area contributed by atoms with E-state index in [1.165, 1.54) is 5.56 Å². The number of carbonyl (C=O) groups is 1. The Kier molecular flexibility index (Phi) is 4.40. The van der Waals surface area contributed by atoms with Crippen LogP contribution < -0.4 is 10.6 Å². The second-order valence-electron chi connectivity index (χ2n) is 4.32. The Bertz CT molecular complexity index is 372. The molecule has 1 aromatic carbocycles. The van der Waals surface area contributed by atoms with Gasteiger partial charge in [0.15, 0.2) is 0 Å². The first-order valence-corrected chi connectivity index (χ1v) is 6.39. The van der Waals surface area contributed by atoms with Crippen LogP contribution in [0.3, 0.4) is 0 Å². The summed E-state index contributed by atoms with van der Waals surface area (Å²) in [5.41, 5.74) is 1.19. The van der Waals surface area contributed by atoms with Gasteiger partial charge < -0.3 is 10.6 Å². The molecule has 1 fully saturated rings. The van der Waals surface area contributed by atoms with E-state index in [0.717, 1.165) is 30.8 Å².